The van der Waals surface area contributed by atoms with Crippen LogP contribution in [0, 0.1) is 10.1 Å². The molecule has 0 atom stereocenters. The van der Waals surface area contributed by atoms with Crippen LogP contribution in [0.1, 0.15) is 11.5 Å². The van der Waals surface area contributed by atoms with Crippen LogP contribution in [0.2, 0.25) is 5.02 Å². The SMILES string of the molecule is C[n+]1c(/C=C/c2ccc(-c3ccc(Cl)cc3[N+](=O)[O-])o2)ccc2ccccc21.[I-]. The van der Waals surface area contributed by atoms with Crippen molar-refractivity contribution in [1.82, 2.24) is 0 Å². The summed E-state index contributed by atoms with van der Waals surface area (Å²) in [5, 5.41) is 12.8. The lowest BCUT2D eigenvalue weighted by Gasteiger charge is -2.00. The molecule has 29 heavy (non-hydrogen) atoms. The van der Waals surface area contributed by atoms with Gasteiger partial charge in [-0.3, -0.25) is 10.1 Å². The van der Waals surface area contributed by atoms with Crippen LogP contribution in [0.5, 0.6) is 0 Å². The molecule has 0 spiro atoms. The van der Waals surface area contributed by atoms with Crippen molar-refractivity contribution in [3.05, 3.63) is 93.3 Å². The van der Waals surface area contributed by atoms with Crippen LogP contribution in [0.15, 0.2) is 71.1 Å². The summed E-state index contributed by atoms with van der Waals surface area (Å²) in [7, 11) is 2.01. The van der Waals surface area contributed by atoms with E-state index >= 15 is 0 Å². The number of rotatable bonds is 4. The number of furan rings is 1. The minimum Gasteiger partial charge on any atom is -1.00 e. The molecular weight excluding hydrogens is 503 g/mol. The number of benzene rings is 2. The van der Waals surface area contributed by atoms with Crippen LogP contribution in [0.25, 0.3) is 34.4 Å². The van der Waals surface area contributed by atoms with Gasteiger partial charge in [-0.2, -0.15) is 4.57 Å². The van der Waals surface area contributed by atoms with E-state index in [4.69, 9.17) is 16.0 Å². The van der Waals surface area contributed by atoms with Crippen molar-refractivity contribution in [2.24, 2.45) is 7.05 Å². The van der Waals surface area contributed by atoms with E-state index in [9.17, 15) is 10.1 Å². The number of nitro benzene ring substituents is 1. The van der Waals surface area contributed by atoms with Gasteiger partial charge in [-0.05, 0) is 42.5 Å². The van der Waals surface area contributed by atoms with Gasteiger partial charge in [-0.15, -0.1) is 0 Å². The molecule has 146 valence electrons. The monoisotopic (exact) mass is 518 g/mol. The number of nitro groups is 1. The van der Waals surface area contributed by atoms with E-state index in [1.165, 1.54) is 6.07 Å². The standard InChI is InChI=1S/C22H16ClN2O3.HI/c1-24-17(8-6-15-4-2-3-5-20(15)24)9-10-18-11-13-22(28-18)19-12-7-16(23)14-21(19)25(26)27;/h2-14H,1H3;1H/q+1;/p-1/b10-9+;. The van der Waals surface area contributed by atoms with Crippen molar-refractivity contribution in [2.45, 2.75) is 0 Å². The van der Waals surface area contributed by atoms with E-state index in [2.05, 4.69) is 22.8 Å². The predicted molar refractivity (Wildman–Crippen MR) is 110 cm³/mol. The summed E-state index contributed by atoms with van der Waals surface area (Å²) in [6.07, 6.45) is 3.79. The van der Waals surface area contributed by atoms with Crippen LogP contribution >= 0.6 is 11.6 Å². The summed E-state index contributed by atoms with van der Waals surface area (Å²) in [4.78, 5) is 10.8. The lowest BCUT2D eigenvalue weighted by atomic mass is 10.1. The molecule has 2 aromatic heterocycles. The van der Waals surface area contributed by atoms with Crippen LogP contribution in [-0.2, 0) is 7.05 Å². The van der Waals surface area contributed by atoms with Crippen LogP contribution in [-0.4, -0.2) is 4.92 Å². The average molecular weight is 519 g/mol. The molecule has 0 bridgehead atoms. The summed E-state index contributed by atoms with van der Waals surface area (Å²) in [6, 6.07) is 20.3. The van der Waals surface area contributed by atoms with Gasteiger partial charge in [0.25, 0.3) is 5.69 Å². The molecule has 0 radical (unpaired) electrons. The summed E-state index contributed by atoms with van der Waals surface area (Å²) in [5.41, 5.74) is 2.44. The maximum Gasteiger partial charge on any atom is 0.281 e. The van der Waals surface area contributed by atoms with Crippen molar-refractivity contribution in [1.29, 1.82) is 0 Å². The third-order valence-corrected chi connectivity index (χ3v) is 4.82. The summed E-state index contributed by atoms with van der Waals surface area (Å²) in [6.45, 7) is 0. The third-order valence-electron chi connectivity index (χ3n) is 4.59. The summed E-state index contributed by atoms with van der Waals surface area (Å²) >= 11 is 5.88. The largest absolute Gasteiger partial charge is 1.00 e. The maximum atomic E-state index is 11.3. The zero-order chi connectivity index (χ0) is 19.7. The lowest BCUT2D eigenvalue weighted by molar-refractivity contribution is -0.646. The summed E-state index contributed by atoms with van der Waals surface area (Å²) in [5.74, 6) is 1.03. The normalized spacial score (nSPS) is 11.0. The van der Waals surface area contributed by atoms with Gasteiger partial charge in [-0.25, -0.2) is 0 Å². The van der Waals surface area contributed by atoms with E-state index in [-0.39, 0.29) is 29.7 Å². The smallest absolute Gasteiger partial charge is 0.281 e. The number of para-hydroxylation sites is 1. The predicted octanol–water partition coefficient (Wildman–Crippen LogP) is 2.66. The Hall–Kier alpha value is -2.71. The van der Waals surface area contributed by atoms with Crippen molar-refractivity contribution in [2.75, 3.05) is 0 Å². The van der Waals surface area contributed by atoms with Gasteiger partial charge >= 0.3 is 0 Å². The van der Waals surface area contributed by atoms with Crippen LogP contribution in [0.4, 0.5) is 5.69 Å². The highest BCUT2D eigenvalue weighted by atomic mass is 127. The first kappa shape index (κ1) is 21.0. The van der Waals surface area contributed by atoms with Crippen molar-refractivity contribution in [3.63, 3.8) is 0 Å². The highest BCUT2D eigenvalue weighted by molar-refractivity contribution is 6.30. The van der Waals surface area contributed by atoms with Gasteiger partial charge in [-0.1, -0.05) is 23.7 Å². The number of fused-ring (bicyclic) bond motifs is 1. The Morgan fingerprint density at radius 1 is 1.03 bits per heavy atom. The Kier molecular flexibility index (Phi) is 6.34. The fraction of sp³-hybridized carbons (Fsp3) is 0.0455. The van der Waals surface area contributed by atoms with E-state index in [1.54, 1.807) is 24.3 Å². The molecule has 0 fully saturated rings. The van der Waals surface area contributed by atoms with Crippen molar-refractivity contribution in [3.8, 4) is 11.3 Å². The highest BCUT2D eigenvalue weighted by Crippen LogP contribution is 2.33. The molecule has 2 aromatic carbocycles. The van der Waals surface area contributed by atoms with Gasteiger partial charge in [0.1, 0.15) is 18.6 Å². The molecule has 4 aromatic rings. The first-order chi connectivity index (χ1) is 13.5. The quantitative estimate of drug-likeness (QED) is 0.181. The minimum atomic E-state index is -0.464. The highest BCUT2D eigenvalue weighted by Gasteiger charge is 2.18. The zero-order valence-corrected chi connectivity index (χ0v) is 18.3. The number of pyridine rings is 1. The first-order valence-electron chi connectivity index (χ1n) is 8.63. The molecule has 2 heterocycles. The minimum absolute atomic E-state index is 0. The Bertz CT molecular complexity index is 1230. The molecule has 0 saturated carbocycles. The fourth-order valence-electron chi connectivity index (χ4n) is 3.15. The Morgan fingerprint density at radius 3 is 2.62 bits per heavy atom. The third kappa shape index (κ3) is 4.33. The molecule has 4 rings (SSSR count). The number of aromatic nitrogens is 1. The van der Waals surface area contributed by atoms with Crippen molar-refractivity contribution < 1.29 is 37.9 Å². The van der Waals surface area contributed by atoms with Gasteiger partial charge in [0.05, 0.1) is 10.5 Å². The molecule has 0 aliphatic carbocycles. The number of aryl methyl sites for hydroxylation is 1. The molecule has 0 aliphatic heterocycles. The van der Waals surface area contributed by atoms with E-state index in [1.807, 2.05) is 37.4 Å². The van der Waals surface area contributed by atoms with Gasteiger partial charge in [0.15, 0.2) is 0 Å². The Balaban J connectivity index is 0.00000240. The van der Waals surface area contributed by atoms with Crippen LogP contribution < -0.4 is 28.5 Å². The second-order valence-corrected chi connectivity index (χ2v) is 6.77. The van der Waals surface area contributed by atoms with Crippen molar-refractivity contribution >= 4 is 40.3 Å². The van der Waals surface area contributed by atoms with E-state index in [0.717, 1.165) is 16.6 Å². The summed E-state index contributed by atoms with van der Waals surface area (Å²) < 4.78 is 7.90. The number of nitrogens with zero attached hydrogens (tertiary/aromatic N) is 2. The zero-order valence-electron chi connectivity index (χ0n) is 15.4. The topological polar surface area (TPSA) is 60.2 Å². The van der Waals surface area contributed by atoms with Gasteiger partial charge in [0.2, 0.25) is 11.2 Å². The number of hydrogen-bond donors (Lipinski definition) is 0. The Labute approximate surface area is 189 Å². The number of hydrogen-bond acceptors (Lipinski definition) is 3. The molecular formula is C22H16ClIN2O3. The van der Waals surface area contributed by atoms with Crippen LogP contribution in [0.3, 0.4) is 0 Å². The molecule has 0 amide bonds. The molecule has 0 saturated heterocycles. The molecule has 7 heteroatoms. The fourth-order valence-corrected chi connectivity index (χ4v) is 3.31. The molecule has 0 unspecified atom stereocenters. The second-order valence-electron chi connectivity index (χ2n) is 6.33. The lowest BCUT2D eigenvalue weighted by Crippen LogP contribution is -3.00. The molecule has 0 aliphatic rings. The van der Waals surface area contributed by atoms with Gasteiger partial charge < -0.3 is 28.4 Å². The Morgan fingerprint density at radius 2 is 1.83 bits per heavy atom. The van der Waals surface area contributed by atoms with E-state index < -0.39 is 4.92 Å². The average Bonchev–Trinajstić information content (AvgIpc) is 3.16. The first-order valence-corrected chi connectivity index (χ1v) is 9.01. The second kappa shape index (κ2) is 8.75. The van der Waals surface area contributed by atoms with Gasteiger partial charge in [0, 0.05) is 34.7 Å². The number of halogens is 2. The van der Waals surface area contributed by atoms with E-state index in [0.29, 0.717) is 22.1 Å². The molecule has 5 nitrogen and oxygen atoms in total. The maximum absolute atomic E-state index is 11.3. The molecule has 0 N–H and O–H groups in total.